The molecule has 0 saturated carbocycles. The van der Waals surface area contributed by atoms with Crippen LogP contribution in [-0.2, 0) is 36.9 Å². The van der Waals surface area contributed by atoms with Gasteiger partial charge in [-0.15, -0.1) is 0 Å². The highest BCUT2D eigenvalue weighted by molar-refractivity contribution is 5.14. The molecule has 2 aromatic carbocycles. The molecule has 6 N–H and O–H groups in total. The molecule has 0 aromatic heterocycles. The Balaban J connectivity index is 1.62. The second-order valence-electron chi connectivity index (χ2n) is 9.55. The van der Waals surface area contributed by atoms with Gasteiger partial charge in [0.05, 0.1) is 25.9 Å². The molecule has 0 radical (unpaired) electrons. The Morgan fingerprint density at radius 1 is 0.737 bits per heavy atom. The quantitative estimate of drug-likeness (QED) is 0.230. The van der Waals surface area contributed by atoms with Crippen molar-refractivity contribution in [1.82, 2.24) is 0 Å². The molecule has 2 saturated heterocycles. The third-order valence-electron chi connectivity index (χ3n) is 6.78. The van der Waals surface area contributed by atoms with Gasteiger partial charge < -0.3 is 54.3 Å². The second-order valence-corrected chi connectivity index (χ2v) is 9.55. The van der Waals surface area contributed by atoms with Crippen LogP contribution in [0.15, 0.2) is 60.7 Å². The standard InChI is InChI=1S/C27H36O11/c1-15-22(19(30)20(31)26(33)36-15)37-27-25(35-14-17-10-6-3-7-11-17)24(21(32)23(38-27)18(29)12-28)34-13-16-8-4-2-5-9-16/h2-11,15,18-33H,12-14H2,1H3/t15-,18+,19-,20+,21+,22-,23+,24-,25-,26+,27+/m0/s1. The van der Waals surface area contributed by atoms with E-state index < -0.39 is 74.1 Å². The molecular formula is C27H36O11. The molecule has 2 aliphatic heterocycles. The highest BCUT2D eigenvalue weighted by Gasteiger charge is 2.52. The minimum Gasteiger partial charge on any atom is -0.394 e. The van der Waals surface area contributed by atoms with Crippen LogP contribution in [0.2, 0.25) is 0 Å². The van der Waals surface area contributed by atoms with Crippen LogP contribution >= 0.6 is 0 Å². The number of ether oxygens (including phenoxy) is 5. The van der Waals surface area contributed by atoms with Crippen LogP contribution in [0.25, 0.3) is 0 Å². The first-order chi connectivity index (χ1) is 18.3. The summed E-state index contributed by atoms with van der Waals surface area (Å²) in [6.07, 6.45) is -14.5. The van der Waals surface area contributed by atoms with Crippen molar-refractivity contribution in [2.75, 3.05) is 6.61 Å². The molecule has 4 rings (SSSR count). The van der Waals surface area contributed by atoms with Gasteiger partial charge in [-0.1, -0.05) is 60.7 Å². The van der Waals surface area contributed by atoms with E-state index in [1.807, 2.05) is 60.7 Å². The third kappa shape index (κ3) is 6.76. The van der Waals surface area contributed by atoms with Crippen LogP contribution in [0.1, 0.15) is 18.1 Å². The lowest BCUT2D eigenvalue weighted by molar-refractivity contribution is -0.365. The summed E-state index contributed by atoms with van der Waals surface area (Å²) in [4.78, 5) is 0. The van der Waals surface area contributed by atoms with Crippen LogP contribution in [0.3, 0.4) is 0 Å². The van der Waals surface area contributed by atoms with Gasteiger partial charge in [-0.3, -0.25) is 0 Å². The van der Waals surface area contributed by atoms with E-state index in [1.165, 1.54) is 0 Å². The zero-order chi connectivity index (χ0) is 27.2. The molecule has 210 valence electrons. The van der Waals surface area contributed by atoms with Crippen molar-refractivity contribution in [3.8, 4) is 0 Å². The summed E-state index contributed by atoms with van der Waals surface area (Å²) >= 11 is 0. The van der Waals surface area contributed by atoms with Crippen LogP contribution in [0.5, 0.6) is 0 Å². The smallest absolute Gasteiger partial charge is 0.187 e. The first kappa shape index (κ1) is 29.0. The molecule has 0 amide bonds. The topological polar surface area (TPSA) is 168 Å². The largest absolute Gasteiger partial charge is 0.394 e. The molecule has 2 fully saturated rings. The molecule has 38 heavy (non-hydrogen) atoms. The zero-order valence-corrected chi connectivity index (χ0v) is 21.0. The molecule has 2 aromatic rings. The van der Waals surface area contributed by atoms with Gasteiger partial charge in [0, 0.05) is 0 Å². The Morgan fingerprint density at radius 3 is 1.84 bits per heavy atom. The van der Waals surface area contributed by atoms with Gasteiger partial charge in [0.2, 0.25) is 0 Å². The summed E-state index contributed by atoms with van der Waals surface area (Å²) in [5, 5.41) is 61.8. The predicted octanol–water partition coefficient (Wildman–Crippen LogP) is -0.560. The molecule has 0 spiro atoms. The van der Waals surface area contributed by atoms with E-state index in [4.69, 9.17) is 23.7 Å². The molecule has 2 aliphatic rings. The third-order valence-corrected chi connectivity index (χ3v) is 6.78. The van der Waals surface area contributed by atoms with E-state index in [0.29, 0.717) is 0 Å². The molecule has 2 heterocycles. The Hall–Kier alpha value is -2.00. The monoisotopic (exact) mass is 536 g/mol. The summed E-state index contributed by atoms with van der Waals surface area (Å²) in [7, 11) is 0. The van der Waals surface area contributed by atoms with Crippen LogP contribution in [-0.4, -0.2) is 105 Å². The molecule has 11 atom stereocenters. The summed E-state index contributed by atoms with van der Waals surface area (Å²) in [5.41, 5.74) is 1.65. The van der Waals surface area contributed by atoms with Gasteiger partial charge in [0.1, 0.15) is 48.8 Å². The lowest BCUT2D eigenvalue weighted by atomic mass is 9.94. The summed E-state index contributed by atoms with van der Waals surface area (Å²) in [6, 6.07) is 18.5. The average molecular weight is 537 g/mol. The van der Waals surface area contributed by atoms with Crippen molar-refractivity contribution in [3.05, 3.63) is 71.8 Å². The number of aliphatic hydroxyl groups is 6. The zero-order valence-electron chi connectivity index (χ0n) is 21.0. The minimum absolute atomic E-state index is 0.0961. The fraction of sp³-hybridized carbons (Fsp3) is 0.556. The van der Waals surface area contributed by atoms with Crippen molar-refractivity contribution in [2.24, 2.45) is 0 Å². The van der Waals surface area contributed by atoms with Gasteiger partial charge in [-0.05, 0) is 18.1 Å². The van der Waals surface area contributed by atoms with Crippen molar-refractivity contribution in [3.63, 3.8) is 0 Å². The van der Waals surface area contributed by atoms with Gasteiger partial charge in [0.25, 0.3) is 0 Å². The van der Waals surface area contributed by atoms with E-state index in [-0.39, 0.29) is 13.2 Å². The molecule has 0 aliphatic carbocycles. The summed E-state index contributed by atoms with van der Waals surface area (Å²) in [6.45, 7) is 1.04. The van der Waals surface area contributed by atoms with Gasteiger partial charge >= 0.3 is 0 Å². The van der Waals surface area contributed by atoms with Crippen molar-refractivity contribution in [2.45, 2.75) is 87.7 Å². The maximum Gasteiger partial charge on any atom is 0.187 e. The number of hydrogen-bond acceptors (Lipinski definition) is 11. The number of rotatable bonds is 10. The van der Waals surface area contributed by atoms with E-state index in [9.17, 15) is 30.6 Å². The van der Waals surface area contributed by atoms with Gasteiger partial charge in [-0.25, -0.2) is 0 Å². The van der Waals surface area contributed by atoms with Crippen molar-refractivity contribution in [1.29, 1.82) is 0 Å². The number of aliphatic hydroxyl groups excluding tert-OH is 6. The maximum absolute atomic E-state index is 11.2. The number of hydrogen-bond donors (Lipinski definition) is 6. The fourth-order valence-corrected chi connectivity index (χ4v) is 4.65. The normalized spacial score (nSPS) is 36.6. The summed E-state index contributed by atoms with van der Waals surface area (Å²) in [5.74, 6) is 0. The number of benzene rings is 2. The van der Waals surface area contributed by atoms with Gasteiger partial charge in [0.15, 0.2) is 12.6 Å². The lowest BCUT2D eigenvalue weighted by Gasteiger charge is -2.48. The SMILES string of the molecule is C[C@@H]1O[C@@H](O)[C@H](O)[C@H](O)[C@H]1O[C@@H]1O[C@H]([C@H](O)CO)[C@@H](O)[C@H](OCc2ccccc2)[C@@H]1OCc1ccccc1. The van der Waals surface area contributed by atoms with Crippen LogP contribution in [0.4, 0.5) is 0 Å². The molecule has 11 nitrogen and oxygen atoms in total. The van der Waals surface area contributed by atoms with Crippen LogP contribution < -0.4 is 0 Å². The first-order valence-corrected chi connectivity index (χ1v) is 12.6. The Morgan fingerprint density at radius 2 is 1.29 bits per heavy atom. The molecular weight excluding hydrogens is 500 g/mol. The Kier molecular flexibility index (Phi) is 10.2. The van der Waals surface area contributed by atoms with Gasteiger partial charge in [-0.2, -0.15) is 0 Å². The Bertz CT molecular complexity index is 964. The first-order valence-electron chi connectivity index (χ1n) is 12.6. The van der Waals surface area contributed by atoms with E-state index in [2.05, 4.69) is 0 Å². The highest BCUT2D eigenvalue weighted by atomic mass is 16.7. The molecule has 0 bridgehead atoms. The molecule has 11 heteroatoms. The maximum atomic E-state index is 11.2. The van der Waals surface area contributed by atoms with E-state index >= 15 is 0 Å². The average Bonchev–Trinajstić information content (AvgIpc) is 2.93. The van der Waals surface area contributed by atoms with Crippen molar-refractivity contribution < 1.29 is 54.3 Å². The fourth-order valence-electron chi connectivity index (χ4n) is 4.65. The van der Waals surface area contributed by atoms with Crippen LogP contribution in [0, 0.1) is 0 Å². The van der Waals surface area contributed by atoms with E-state index in [0.717, 1.165) is 11.1 Å². The minimum atomic E-state index is -1.64. The lowest BCUT2D eigenvalue weighted by Crippen LogP contribution is -2.65. The highest BCUT2D eigenvalue weighted by Crippen LogP contribution is 2.33. The predicted molar refractivity (Wildman–Crippen MR) is 131 cm³/mol. The molecule has 0 unspecified atom stereocenters. The summed E-state index contributed by atoms with van der Waals surface area (Å²) < 4.78 is 29.5. The van der Waals surface area contributed by atoms with Crippen molar-refractivity contribution >= 4 is 0 Å². The Labute approximate surface area is 220 Å². The van der Waals surface area contributed by atoms with E-state index in [1.54, 1.807) is 6.92 Å². The second kappa shape index (κ2) is 13.4.